The van der Waals surface area contributed by atoms with Crippen LogP contribution >= 0.6 is 0 Å². The Balaban J connectivity index is 1.16. The number of rotatable bonds is 6. The maximum Gasteiger partial charge on any atom is 0.164 e. The van der Waals surface area contributed by atoms with Gasteiger partial charge in [-0.3, -0.25) is 0 Å². The van der Waals surface area contributed by atoms with Crippen LogP contribution in [0.25, 0.3) is 100 Å². The van der Waals surface area contributed by atoms with E-state index < -0.39 is 0 Å². The monoisotopic (exact) mass is 688 g/mol. The molecule has 0 bridgehead atoms. The van der Waals surface area contributed by atoms with Crippen LogP contribution in [0.2, 0.25) is 0 Å². The SMILES string of the molecule is c1ccc(-c2nc(-c3ccccc3)nc(-c3cc(-c4ccc(-c5nc6ccccc6c6ccccc56)cc4)cc(-c4cccc5ccccc45)c3)n2)cc1. The number of hydrogen-bond donors (Lipinski definition) is 0. The lowest BCUT2D eigenvalue weighted by Crippen LogP contribution is -2.00. The fraction of sp³-hybridized carbons (Fsp3) is 0. The summed E-state index contributed by atoms with van der Waals surface area (Å²) in [7, 11) is 0. The number of fused-ring (bicyclic) bond motifs is 4. The van der Waals surface area contributed by atoms with Crippen LogP contribution in [0.1, 0.15) is 0 Å². The van der Waals surface area contributed by atoms with Crippen molar-refractivity contribution in [1.29, 1.82) is 0 Å². The van der Waals surface area contributed by atoms with Crippen molar-refractivity contribution in [2.45, 2.75) is 0 Å². The molecule has 0 aliphatic carbocycles. The second-order valence-corrected chi connectivity index (χ2v) is 13.5. The first kappa shape index (κ1) is 31.4. The van der Waals surface area contributed by atoms with Gasteiger partial charge in [0.05, 0.1) is 11.2 Å². The Bertz CT molecular complexity index is 2910. The van der Waals surface area contributed by atoms with Crippen LogP contribution in [0.15, 0.2) is 194 Å². The zero-order chi connectivity index (χ0) is 35.8. The van der Waals surface area contributed by atoms with E-state index in [9.17, 15) is 0 Å². The van der Waals surface area contributed by atoms with E-state index in [0.717, 1.165) is 66.5 Å². The Hall–Kier alpha value is -7.30. The van der Waals surface area contributed by atoms with Crippen molar-refractivity contribution >= 4 is 32.4 Å². The van der Waals surface area contributed by atoms with Gasteiger partial charge in [-0.15, -0.1) is 0 Å². The van der Waals surface area contributed by atoms with Gasteiger partial charge in [0, 0.05) is 33.0 Å². The van der Waals surface area contributed by atoms with E-state index in [1.54, 1.807) is 0 Å². The highest BCUT2D eigenvalue weighted by Crippen LogP contribution is 2.38. The molecule has 252 valence electrons. The summed E-state index contributed by atoms with van der Waals surface area (Å²) in [5, 5.41) is 5.90. The normalized spacial score (nSPS) is 11.3. The summed E-state index contributed by atoms with van der Waals surface area (Å²) in [5.74, 6) is 1.89. The molecule has 4 heteroatoms. The zero-order valence-electron chi connectivity index (χ0n) is 29.3. The number of para-hydroxylation sites is 1. The van der Waals surface area contributed by atoms with Gasteiger partial charge in [-0.05, 0) is 62.7 Å². The highest BCUT2D eigenvalue weighted by molar-refractivity contribution is 6.11. The Labute approximate surface area is 313 Å². The van der Waals surface area contributed by atoms with Gasteiger partial charge in [0.2, 0.25) is 0 Å². The van der Waals surface area contributed by atoms with Gasteiger partial charge < -0.3 is 0 Å². The van der Waals surface area contributed by atoms with E-state index >= 15 is 0 Å². The summed E-state index contributed by atoms with van der Waals surface area (Å²) >= 11 is 0. The van der Waals surface area contributed by atoms with Gasteiger partial charge in [0.1, 0.15) is 0 Å². The minimum Gasteiger partial charge on any atom is -0.247 e. The first-order valence-corrected chi connectivity index (χ1v) is 18.1. The van der Waals surface area contributed by atoms with E-state index in [1.807, 2.05) is 60.7 Å². The molecule has 2 heterocycles. The first-order valence-electron chi connectivity index (χ1n) is 18.1. The van der Waals surface area contributed by atoms with Crippen LogP contribution in [-0.2, 0) is 0 Å². The first-order chi connectivity index (χ1) is 26.7. The minimum atomic E-state index is 0.620. The molecule has 8 aromatic carbocycles. The molecular weight excluding hydrogens is 657 g/mol. The molecule has 0 atom stereocenters. The maximum absolute atomic E-state index is 5.16. The number of hydrogen-bond acceptors (Lipinski definition) is 4. The fourth-order valence-electron chi connectivity index (χ4n) is 7.44. The summed E-state index contributed by atoms with van der Waals surface area (Å²) < 4.78 is 0. The van der Waals surface area contributed by atoms with Crippen molar-refractivity contribution in [1.82, 2.24) is 19.9 Å². The molecular formula is C50H32N4. The molecule has 0 saturated carbocycles. The smallest absolute Gasteiger partial charge is 0.164 e. The highest BCUT2D eigenvalue weighted by atomic mass is 15.0. The number of benzene rings is 8. The highest BCUT2D eigenvalue weighted by Gasteiger charge is 2.16. The third-order valence-electron chi connectivity index (χ3n) is 10.1. The van der Waals surface area contributed by atoms with Crippen molar-refractivity contribution in [3.63, 3.8) is 0 Å². The lowest BCUT2D eigenvalue weighted by Gasteiger charge is -2.14. The number of aromatic nitrogens is 4. The summed E-state index contributed by atoms with van der Waals surface area (Å²) in [5.41, 5.74) is 10.2. The van der Waals surface area contributed by atoms with Crippen molar-refractivity contribution in [3.05, 3.63) is 194 Å². The van der Waals surface area contributed by atoms with Crippen LogP contribution in [-0.4, -0.2) is 19.9 Å². The molecule has 54 heavy (non-hydrogen) atoms. The molecule has 10 rings (SSSR count). The lowest BCUT2D eigenvalue weighted by molar-refractivity contribution is 1.07. The molecule has 0 aliphatic heterocycles. The van der Waals surface area contributed by atoms with Crippen molar-refractivity contribution in [3.8, 4) is 67.7 Å². The number of nitrogens with zero attached hydrogens (tertiary/aromatic N) is 4. The van der Waals surface area contributed by atoms with E-state index in [2.05, 4.69) is 133 Å². The van der Waals surface area contributed by atoms with E-state index in [1.165, 1.54) is 16.2 Å². The molecule has 10 aromatic rings. The third-order valence-corrected chi connectivity index (χ3v) is 10.1. The second-order valence-electron chi connectivity index (χ2n) is 13.5. The Morgan fingerprint density at radius 2 is 0.759 bits per heavy atom. The van der Waals surface area contributed by atoms with Crippen LogP contribution in [0.3, 0.4) is 0 Å². The quantitative estimate of drug-likeness (QED) is 0.163. The predicted molar refractivity (Wildman–Crippen MR) is 223 cm³/mol. The van der Waals surface area contributed by atoms with Gasteiger partial charge in [-0.2, -0.15) is 0 Å². The fourth-order valence-corrected chi connectivity index (χ4v) is 7.44. The molecule has 0 amide bonds. The summed E-state index contributed by atoms with van der Waals surface area (Å²) in [6, 6.07) is 67.6. The van der Waals surface area contributed by atoms with Gasteiger partial charge in [0.25, 0.3) is 0 Å². The molecule has 0 spiro atoms. The van der Waals surface area contributed by atoms with Gasteiger partial charge in [0.15, 0.2) is 17.5 Å². The summed E-state index contributed by atoms with van der Waals surface area (Å²) in [6.45, 7) is 0. The average Bonchev–Trinajstić information content (AvgIpc) is 3.26. The van der Waals surface area contributed by atoms with Crippen molar-refractivity contribution < 1.29 is 0 Å². The van der Waals surface area contributed by atoms with Gasteiger partial charge in [-0.1, -0.05) is 170 Å². The second kappa shape index (κ2) is 13.4. The average molecular weight is 689 g/mol. The Morgan fingerprint density at radius 3 is 1.46 bits per heavy atom. The van der Waals surface area contributed by atoms with E-state index in [4.69, 9.17) is 19.9 Å². The molecule has 0 saturated heterocycles. The molecule has 0 N–H and O–H groups in total. The maximum atomic E-state index is 5.16. The summed E-state index contributed by atoms with van der Waals surface area (Å²) in [6.07, 6.45) is 0. The minimum absolute atomic E-state index is 0.620. The summed E-state index contributed by atoms with van der Waals surface area (Å²) in [4.78, 5) is 20.3. The van der Waals surface area contributed by atoms with Gasteiger partial charge in [-0.25, -0.2) is 19.9 Å². The molecule has 0 aliphatic rings. The zero-order valence-corrected chi connectivity index (χ0v) is 29.3. The lowest BCUT2D eigenvalue weighted by atomic mass is 9.92. The van der Waals surface area contributed by atoms with Crippen LogP contribution in [0.4, 0.5) is 0 Å². The molecule has 0 unspecified atom stereocenters. The molecule has 0 radical (unpaired) electrons. The van der Waals surface area contributed by atoms with E-state index in [-0.39, 0.29) is 0 Å². The standard InChI is InChI=1S/C50H32N4/c1-3-15-36(16-4-1)48-52-49(37-17-5-2-6-18-37)54-50(53-48)40-31-38(30-39(32-40)42-24-13-19-34-14-7-8-20-41(34)42)33-26-28-35(29-27-33)47-45-23-10-9-21-43(45)44-22-11-12-25-46(44)51-47/h1-32H. The molecule has 2 aromatic heterocycles. The van der Waals surface area contributed by atoms with Crippen LogP contribution < -0.4 is 0 Å². The molecule has 0 fully saturated rings. The van der Waals surface area contributed by atoms with Gasteiger partial charge >= 0.3 is 0 Å². The predicted octanol–water partition coefficient (Wildman–Crippen LogP) is 12.7. The van der Waals surface area contributed by atoms with Crippen molar-refractivity contribution in [2.75, 3.05) is 0 Å². The number of pyridine rings is 1. The van der Waals surface area contributed by atoms with Crippen LogP contribution in [0, 0.1) is 0 Å². The topological polar surface area (TPSA) is 51.6 Å². The third kappa shape index (κ3) is 5.76. The Kier molecular flexibility index (Phi) is 7.77. The Morgan fingerprint density at radius 1 is 0.259 bits per heavy atom. The van der Waals surface area contributed by atoms with E-state index in [0.29, 0.717) is 17.5 Å². The van der Waals surface area contributed by atoms with Crippen molar-refractivity contribution in [2.24, 2.45) is 0 Å². The largest absolute Gasteiger partial charge is 0.247 e. The molecule has 4 nitrogen and oxygen atoms in total. The van der Waals surface area contributed by atoms with Crippen LogP contribution in [0.5, 0.6) is 0 Å².